The maximum absolute atomic E-state index is 12.5. The molecule has 0 spiro atoms. The number of hydrogen-bond acceptors (Lipinski definition) is 5. The van der Waals surface area contributed by atoms with Gasteiger partial charge in [-0.1, -0.05) is 6.07 Å². The fraction of sp³-hybridized carbons (Fsp3) is 0.625. The van der Waals surface area contributed by atoms with Crippen molar-refractivity contribution in [2.24, 2.45) is 5.73 Å². The van der Waals surface area contributed by atoms with Crippen LogP contribution in [0.2, 0.25) is 0 Å². The summed E-state index contributed by atoms with van der Waals surface area (Å²) in [7, 11) is 0. The Hall–Kier alpha value is -1.25. The van der Waals surface area contributed by atoms with Gasteiger partial charge in [-0.25, -0.2) is 4.79 Å². The summed E-state index contributed by atoms with van der Waals surface area (Å²) in [5.74, 6) is 0.627. The molecule has 1 aliphatic rings. The molecule has 4 N–H and O–H groups in total. The van der Waals surface area contributed by atoms with Gasteiger partial charge in [0.2, 0.25) is 5.91 Å². The topological polar surface area (TPSA) is 87.5 Å². The second-order valence-corrected chi connectivity index (χ2v) is 7.83. The second-order valence-electron chi connectivity index (χ2n) is 5.86. The van der Waals surface area contributed by atoms with E-state index < -0.39 is 12.1 Å². The van der Waals surface area contributed by atoms with Gasteiger partial charge < -0.3 is 16.4 Å². The van der Waals surface area contributed by atoms with E-state index in [9.17, 15) is 9.59 Å². The van der Waals surface area contributed by atoms with Crippen molar-refractivity contribution in [2.75, 3.05) is 31.6 Å². The number of carbonyl (C=O) groups excluding carboxylic acids is 2. The number of urea groups is 1. The SMILES string of the molecule is CSCCC(NC(N)=O)C(=O)NCC(c1cccs1)N1CCCC1. The van der Waals surface area contributed by atoms with E-state index in [1.165, 1.54) is 17.7 Å². The highest BCUT2D eigenvalue weighted by Gasteiger charge is 2.26. The number of amides is 3. The number of nitrogens with zero attached hydrogens (tertiary/aromatic N) is 1. The average molecular weight is 371 g/mol. The first-order chi connectivity index (χ1) is 11.6. The van der Waals surface area contributed by atoms with Gasteiger partial charge in [0.15, 0.2) is 0 Å². The van der Waals surface area contributed by atoms with Crippen LogP contribution in [-0.4, -0.2) is 54.5 Å². The summed E-state index contributed by atoms with van der Waals surface area (Å²) in [6.45, 7) is 2.68. The van der Waals surface area contributed by atoms with Crippen LogP contribution in [0.4, 0.5) is 4.79 Å². The number of nitrogens with one attached hydrogen (secondary N) is 2. The standard InChI is InChI=1S/C16H26N4O2S2/c1-23-10-6-12(19-16(17)22)15(21)18-11-13(14-5-4-9-24-14)20-7-2-3-8-20/h4-5,9,12-13H,2-3,6-8,10-11H2,1H3,(H,18,21)(H3,17,19,22). The maximum atomic E-state index is 12.5. The lowest BCUT2D eigenvalue weighted by Crippen LogP contribution is -2.50. The zero-order valence-electron chi connectivity index (χ0n) is 14.0. The minimum absolute atomic E-state index is 0.163. The van der Waals surface area contributed by atoms with E-state index in [4.69, 9.17) is 5.73 Å². The summed E-state index contributed by atoms with van der Waals surface area (Å²) in [5, 5.41) is 7.62. The van der Waals surface area contributed by atoms with E-state index in [1.54, 1.807) is 23.1 Å². The summed E-state index contributed by atoms with van der Waals surface area (Å²) in [6.07, 6.45) is 4.95. The molecule has 24 heavy (non-hydrogen) atoms. The Morgan fingerprint density at radius 2 is 2.17 bits per heavy atom. The van der Waals surface area contributed by atoms with Crippen LogP contribution in [0.3, 0.4) is 0 Å². The molecule has 2 heterocycles. The van der Waals surface area contributed by atoms with Crippen molar-refractivity contribution >= 4 is 35.0 Å². The lowest BCUT2D eigenvalue weighted by molar-refractivity contribution is -0.123. The Kier molecular flexibility index (Phi) is 7.87. The molecule has 0 saturated carbocycles. The third-order valence-corrected chi connectivity index (χ3v) is 5.78. The van der Waals surface area contributed by atoms with E-state index in [0.717, 1.165) is 18.8 Å². The van der Waals surface area contributed by atoms with Gasteiger partial charge in [-0.2, -0.15) is 11.8 Å². The summed E-state index contributed by atoms with van der Waals surface area (Å²) >= 11 is 3.36. The Bertz CT molecular complexity index is 518. The zero-order chi connectivity index (χ0) is 17.4. The summed E-state index contributed by atoms with van der Waals surface area (Å²) in [5.41, 5.74) is 5.19. The monoisotopic (exact) mass is 370 g/mol. The molecule has 2 rings (SSSR count). The molecule has 8 heteroatoms. The fourth-order valence-electron chi connectivity index (χ4n) is 2.94. The predicted octanol–water partition coefficient (Wildman–Crippen LogP) is 1.79. The Morgan fingerprint density at radius 3 is 2.75 bits per heavy atom. The minimum Gasteiger partial charge on any atom is -0.352 e. The van der Waals surface area contributed by atoms with Gasteiger partial charge >= 0.3 is 6.03 Å². The van der Waals surface area contributed by atoms with Gasteiger partial charge in [-0.05, 0) is 55.8 Å². The van der Waals surface area contributed by atoms with Crippen molar-refractivity contribution in [1.29, 1.82) is 0 Å². The van der Waals surface area contributed by atoms with Crippen molar-refractivity contribution in [2.45, 2.75) is 31.3 Å². The van der Waals surface area contributed by atoms with Crippen LogP contribution in [-0.2, 0) is 4.79 Å². The lowest BCUT2D eigenvalue weighted by atomic mass is 10.1. The van der Waals surface area contributed by atoms with Crippen LogP contribution in [0.5, 0.6) is 0 Å². The van der Waals surface area contributed by atoms with E-state index in [2.05, 4.69) is 27.0 Å². The van der Waals surface area contributed by atoms with Crippen molar-refractivity contribution in [3.63, 3.8) is 0 Å². The highest BCUT2D eigenvalue weighted by molar-refractivity contribution is 7.98. The molecule has 6 nitrogen and oxygen atoms in total. The molecular formula is C16H26N4O2S2. The van der Waals surface area contributed by atoms with Crippen LogP contribution in [0.15, 0.2) is 17.5 Å². The van der Waals surface area contributed by atoms with Crippen molar-refractivity contribution < 1.29 is 9.59 Å². The number of hydrogen-bond donors (Lipinski definition) is 3. The number of rotatable bonds is 9. The number of nitrogens with two attached hydrogens (primary N) is 1. The van der Waals surface area contributed by atoms with Crippen molar-refractivity contribution in [1.82, 2.24) is 15.5 Å². The Morgan fingerprint density at radius 1 is 1.42 bits per heavy atom. The van der Waals surface area contributed by atoms with Crippen LogP contribution < -0.4 is 16.4 Å². The van der Waals surface area contributed by atoms with Crippen molar-refractivity contribution in [3.05, 3.63) is 22.4 Å². The molecule has 2 unspecified atom stereocenters. The molecular weight excluding hydrogens is 344 g/mol. The van der Waals surface area contributed by atoms with Crippen molar-refractivity contribution in [3.8, 4) is 0 Å². The normalized spacial score (nSPS) is 17.4. The fourth-order valence-corrected chi connectivity index (χ4v) is 4.27. The molecule has 134 valence electrons. The average Bonchev–Trinajstić information content (AvgIpc) is 3.25. The summed E-state index contributed by atoms with van der Waals surface area (Å²) in [4.78, 5) is 27.3. The minimum atomic E-state index is -0.661. The molecule has 2 atom stereocenters. The second kappa shape index (κ2) is 9.90. The zero-order valence-corrected chi connectivity index (χ0v) is 15.6. The number of thioether (sulfide) groups is 1. The largest absolute Gasteiger partial charge is 0.352 e. The summed E-state index contributed by atoms with van der Waals surface area (Å²) < 4.78 is 0. The maximum Gasteiger partial charge on any atom is 0.312 e. The molecule has 1 aromatic rings. The van der Waals surface area contributed by atoms with Gasteiger partial charge in [-0.15, -0.1) is 11.3 Å². The van der Waals surface area contributed by atoms with Gasteiger partial charge in [0.1, 0.15) is 6.04 Å². The molecule has 0 aromatic carbocycles. The highest BCUT2D eigenvalue weighted by atomic mass is 32.2. The first-order valence-electron chi connectivity index (χ1n) is 8.22. The molecule has 1 saturated heterocycles. The van der Waals surface area contributed by atoms with E-state index in [0.29, 0.717) is 13.0 Å². The molecule has 3 amide bonds. The lowest BCUT2D eigenvalue weighted by Gasteiger charge is -2.27. The molecule has 0 radical (unpaired) electrons. The van der Waals surface area contributed by atoms with Crippen LogP contribution in [0, 0.1) is 0 Å². The molecule has 0 aliphatic carbocycles. The van der Waals surface area contributed by atoms with Crippen LogP contribution >= 0.6 is 23.1 Å². The first kappa shape index (κ1) is 19.1. The third kappa shape index (κ3) is 5.68. The van der Waals surface area contributed by atoms with Gasteiger partial charge in [0.25, 0.3) is 0 Å². The molecule has 1 fully saturated rings. The summed E-state index contributed by atoms with van der Waals surface area (Å²) in [6, 6.07) is 3.13. The first-order valence-corrected chi connectivity index (χ1v) is 10.5. The quantitative estimate of drug-likeness (QED) is 0.618. The highest BCUT2D eigenvalue weighted by Crippen LogP contribution is 2.27. The number of likely N-dealkylation sites (tertiary alicyclic amines) is 1. The van der Waals surface area contributed by atoms with Gasteiger partial charge in [0, 0.05) is 11.4 Å². The van der Waals surface area contributed by atoms with Crippen LogP contribution in [0.25, 0.3) is 0 Å². The van der Waals surface area contributed by atoms with E-state index in [-0.39, 0.29) is 11.9 Å². The molecule has 1 aromatic heterocycles. The third-order valence-electron chi connectivity index (χ3n) is 4.17. The van der Waals surface area contributed by atoms with Gasteiger partial charge in [-0.3, -0.25) is 9.69 Å². The number of thiophene rings is 1. The van der Waals surface area contributed by atoms with Crippen LogP contribution in [0.1, 0.15) is 30.2 Å². The molecule has 1 aliphatic heterocycles. The van der Waals surface area contributed by atoms with E-state index in [1.807, 2.05) is 12.3 Å². The smallest absolute Gasteiger partial charge is 0.312 e. The number of primary amides is 1. The Balaban J connectivity index is 1.95. The predicted molar refractivity (Wildman–Crippen MR) is 100 cm³/mol. The van der Waals surface area contributed by atoms with Gasteiger partial charge in [0.05, 0.1) is 6.04 Å². The number of carbonyl (C=O) groups is 2. The van der Waals surface area contributed by atoms with E-state index >= 15 is 0 Å². The Labute approximate surface area is 151 Å². The molecule has 0 bridgehead atoms.